The van der Waals surface area contributed by atoms with E-state index in [1.54, 1.807) is 0 Å². The molecule has 0 aliphatic heterocycles. The van der Waals surface area contributed by atoms with Gasteiger partial charge in [-0.15, -0.1) is 0 Å². The number of aromatic nitrogens is 3. The van der Waals surface area contributed by atoms with E-state index in [9.17, 15) is 0 Å². The molecule has 0 saturated heterocycles. The quantitative estimate of drug-likeness (QED) is 0.616. The summed E-state index contributed by atoms with van der Waals surface area (Å²) in [4.78, 5) is 9.26. The van der Waals surface area contributed by atoms with Crippen LogP contribution in [0.5, 0.6) is 0 Å². The molecular formula is C18H18N4O. The molecule has 3 aromatic heterocycles. The van der Waals surface area contributed by atoms with Crippen molar-refractivity contribution in [3.05, 3.63) is 47.8 Å². The number of hydrogen-bond donors (Lipinski definition) is 1. The molecule has 4 rings (SSSR count). The Bertz CT molecular complexity index is 1010. The van der Waals surface area contributed by atoms with Crippen molar-refractivity contribution < 1.29 is 4.42 Å². The van der Waals surface area contributed by atoms with Crippen molar-refractivity contribution in [2.24, 2.45) is 0 Å². The van der Waals surface area contributed by atoms with Crippen LogP contribution in [0, 0.1) is 13.8 Å². The predicted molar refractivity (Wildman–Crippen MR) is 91.8 cm³/mol. The summed E-state index contributed by atoms with van der Waals surface area (Å²) in [6.45, 7) is 6.96. The second kappa shape index (κ2) is 5.12. The molecule has 1 N–H and O–H groups in total. The Balaban J connectivity index is 1.86. The van der Waals surface area contributed by atoms with E-state index in [0.717, 1.165) is 40.2 Å². The lowest BCUT2D eigenvalue weighted by Gasteiger charge is -1.99. The summed E-state index contributed by atoms with van der Waals surface area (Å²) in [5.41, 5.74) is 6.93. The van der Waals surface area contributed by atoms with E-state index in [2.05, 4.69) is 46.9 Å². The zero-order valence-corrected chi connectivity index (χ0v) is 13.4. The number of anilines is 1. The normalized spacial score (nSPS) is 11.4. The third-order valence-corrected chi connectivity index (χ3v) is 4.01. The monoisotopic (exact) mass is 306 g/mol. The van der Waals surface area contributed by atoms with Crippen LogP contribution >= 0.6 is 0 Å². The topological polar surface area (TPSA) is 55.4 Å². The van der Waals surface area contributed by atoms with E-state index in [0.29, 0.717) is 6.01 Å². The number of nitrogens with zero attached hydrogens (tertiary/aromatic N) is 3. The van der Waals surface area contributed by atoms with Gasteiger partial charge in [-0.1, -0.05) is 0 Å². The van der Waals surface area contributed by atoms with Gasteiger partial charge in [0.25, 0.3) is 6.01 Å². The fourth-order valence-electron chi connectivity index (χ4n) is 2.84. The highest BCUT2D eigenvalue weighted by Gasteiger charge is 2.13. The van der Waals surface area contributed by atoms with Crippen LogP contribution in [0.4, 0.5) is 6.01 Å². The Morgan fingerprint density at radius 2 is 2.00 bits per heavy atom. The highest BCUT2D eigenvalue weighted by atomic mass is 16.4. The maximum absolute atomic E-state index is 5.66. The first kappa shape index (κ1) is 13.8. The van der Waals surface area contributed by atoms with Gasteiger partial charge in [0.05, 0.1) is 5.69 Å². The number of pyridine rings is 1. The van der Waals surface area contributed by atoms with Crippen molar-refractivity contribution in [1.29, 1.82) is 0 Å². The third kappa shape index (κ3) is 2.25. The molecule has 0 amide bonds. The number of fused-ring (bicyclic) bond motifs is 2. The van der Waals surface area contributed by atoms with Gasteiger partial charge in [-0.25, -0.2) is 4.98 Å². The first-order valence-electron chi connectivity index (χ1n) is 7.76. The smallest absolute Gasteiger partial charge is 0.295 e. The number of imidazole rings is 1. The molecule has 5 nitrogen and oxygen atoms in total. The van der Waals surface area contributed by atoms with Gasteiger partial charge in [-0.2, -0.15) is 4.98 Å². The summed E-state index contributed by atoms with van der Waals surface area (Å²) < 4.78 is 7.77. The summed E-state index contributed by atoms with van der Waals surface area (Å²) in [6, 6.07) is 10.8. The van der Waals surface area contributed by atoms with Crippen LogP contribution in [0.2, 0.25) is 0 Å². The van der Waals surface area contributed by atoms with Crippen molar-refractivity contribution in [1.82, 2.24) is 14.4 Å². The fraction of sp³-hybridized carbons (Fsp3) is 0.222. The lowest BCUT2D eigenvalue weighted by atomic mass is 10.1. The second-order valence-electron chi connectivity index (χ2n) is 5.71. The van der Waals surface area contributed by atoms with E-state index in [1.165, 1.54) is 5.56 Å². The standard InChI is InChI=1S/C18H18N4O/c1-4-19-18-20-14-10-13(5-6-15(14)23-18)17-12(3)22-8-7-11(2)9-16(22)21-17/h5-10H,4H2,1-3H3,(H,19,20). The van der Waals surface area contributed by atoms with Gasteiger partial charge in [0.2, 0.25) is 0 Å². The fourth-order valence-corrected chi connectivity index (χ4v) is 2.84. The Hall–Kier alpha value is -2.82. The molecular weight excluding hydrogens is 288 g/mol. The predicted octanol–water partition coefficient (Wildman–Crippen LogP) is 4.19. The van der Waals surface area contributed by atoms with Crippen molar-refractivity contribution in [2.75, 3.05) is 11.9 Å². The van der Waals surface area contributed by atoms with E-state index >= 15 is 0 Å². The number of benzene rings is 1. The molecule has 23 heavy (non-hydrogen) atoms. The summed E-state index contributed by atoms with van der Waals surface area (Å²) in [7, 11) is 0. The zero-order valence-electron chi connectivity index (χ0n) is 13.4. The Morgan fingerprint density at radius 3 is 2.83 bits per heavy atom. The number of aryl methyl sites for hydroxylation is 2. The minimum absolute atomic E-state index is 0.557. The molecule has 0 saturated carbocycles. The SMILES string of the molecule is CCNc1nc2cc(-c3nc4cc(C)ccn4c3C)ccc2o1. The molecule has 5 heteroatoms. The van der Waals surface area contributed by atoms with Gasteiger partial charge in [0.15, 0.2) is 5.58 Å². The molecule has 3 heterocycles. The van der Waals surface area contributed by atoms with Gasteiger partial charge < -0.3 is 14.1 Å². The summed E-state index contributed by atoms with van der Waals surface area (Å²) >= 11 is 0. The van der Waals surface area contributed by atoms with Crippen LogP contribution < -0.4 is 5.32 Å². The highest BCUT2D eigenvalue weighted by Crippen LogP contribution is 2.28. The Morgan fingerprint density at radius 1 is 1.13 bits per heavy atom. The van der Waals surface area contributed by atoms with Crippen molar-refractivity contribution >= 4 is 22.8 Å². The lowest BCUT2D eigenvalue weighted by molar-refractivity contribution is 0.616. The minimum atomic E-state index is 0.557. The largest absolute Gasteiger partial charge is 0.424 e. The van der Waals surface area contributed by atoms with Crippen LogP contribution in [-0.4, -0.2) is 20.9 Å². The molecule has 0 aliphatic carbocycles. The first-order valence-corrected chi connectivity index (χ1v) is 7.76. The average Bonchev–Trinajstić information content (AvgIpc) is 3.07. The van der Waals surface area contributed by atoms with Gasteiger partial charge >= 0.3 is 0 Å². The van der Waals surface area contributed by atoms with E-state index in [4.69, 9.17) is 9.40 Å². The van der Waals surface area contributed by atoms with E-state index in [-0.39, 0.29) is 0 Å². The van der Waals surface area contributed by atoms with E-state index < -0.39 is 0 Å². The van der Waals surface area contributed by atoms with Crippen LogP contribution in [0.1, 0.15) is 18.2 Å². The van der Waals surface area contributed by atoms with E-state index in [1.807, 2.05) is 25.1 Å². The maximum atomic E-state index is 5.66. The van der Waals surface area contributed by atoms with Crippen LogP contribution in [0.25, 0.3) is 28.0 Å². The molecule has 0 bridgehead atoms. The molecule has 0 fully saturated rings. The Labute approximate surface area is 134 Å². The first-order chi connectivity index (χ1) is 11.2. The maximum Gasteiger partial charge on any atom is 0.295 e. The van der Waals surface area contributed by atoms with Crippen LogP contribution in [-0.2, 0) is 0 Å². The van der Waals surface area contributed by atoms with Crippen molar-refractivity contribution in [2.45, 2.75) is 20.8 Å². The third-order valence-electron chi connectivity index (χ3n) is 4.01. The zero-order chi connectivity index (χ0) is 16.0. The minimum Gasteiger partial charge on any atom is -0.424 e. The summed E-state index contributed by atoms with van der Waals surface area (Å²) in [5.74, 6) is 0. The van der Waals surface area contributed by atoms with Gasteiger partial charge in [-0.3, -0.25) is 0 Å². The van der Waals surface area contributed by atoms with Crippen LogP contribution in [0.3, 0.4) is 0 Å². The molecule has 0 unspecified atom stereocenters. The number of hydrogen-bond acceptors (Lipinski definition) is 4. The van der Waals surface area contributed by atoms with Gasteiger partial charge in [0, 0.05) is 24.0 Å². The van der Waals surface area contributed by atoms with Crippen molar-refractivity contribution in [3.63, 3.8) is 0 Å². The van der Waals surface area contributed by atoms with Gasteiger partial charge in [-0.05, 0) is 56.7 Å². The van der Waals surface area contributed by atoms with Crippen molar-refractivity contribution in [3.8, 4) is 11.3 Å². The van der Waals surface area contributed by atoms with Crippen LogP contribution in [0.15, 0.2) is 40.9 Å². The number of oxazole rings is 1. The number of nitrogens with one attached hydrogen (secondary N) is 1. The molecule has 4 aromatic rings. The number of rotatable bonds is 3. The summed E-state index contributed by atoms with van der Waals surface area (Å²) in [6.07, 6.45) is 2.06. The molecule has 0 radical (unpaired) electrons. The molecule has 0 atom stereocenters. The summed E-state index contributed by atoms with van der Waals surface area (Å²) in [5, 5.41) is 3.10. The molecule has 1 aromatic carbocycles. The lowest BCUT2D eigenvalue weighted by Crippen LogP contribution is -1.95. The molecule has 116 valence electrons. The Kier molecular flexibility index (Phi) is 3.08. The molecule has 0 spiro atoms. The van der Waals surface area contributed by atoms with Gasteiger partial charge in [0.1, 0.15) is 11.2 Å². The average molecular weight is 306 g/mol. The second-order valence-corrected chi connectivity index (χ2v) is 5.71. The highest BCUT2D eigenvalue weighted by molar-refractivity contribution is 5.81. The molecule has 0 aliphatic rings.